The van der Waals surface area contributed by atoms with Crippen LogP contribution in [0.15, 0.2) is 47.2 Å². The molecule has 5 rings (SSSR count). The molecule has 0 aliphatic carbocycles. The Morgan fingerprint density at radius 1 is 1.15 bits per heavy atom. The smallest absolute Gasteiger partial charge is 0.276 e. The number of aryl methyl sites for hydroxylation is 3. The number of carbonyl (C=O) groups excluding carboxylic acids is 1. The van der Waals surface area contributed by atoms with Crippen molar-refractivity contribution in [3.63, 3.8) is 0 Å². The van der Waals surface area contributed by atoms with Crippen LogP contribution in [0.3, 0.4) is 0 Å². The van der Waals surface area contributed by atoms with Gasteiger partial charge in [-0.3, -0.25) is 14.7 Å². The number of benzene rings is 1. The molecule has 3 aromatic heterocycles. The molecule has 1 N–H and O–H groups in total. The minimum Gasteiger partial charge on any atom is -0.332 e. The second kappa shape index (κ2) is 8.71. The number of nitrogens with zero attached hydrogens (tertiary/aromatic N) is 5. The average molecular weight is 443 g/mol. The highest BCUT2D eigenvalue weighted by atomic mass is 16.5. The highest BCUT2D eigenvalue weighted by molar-refractivity contribution is 6.10. The van der Waals surface area contributed by atoms with Crippen LogP contribution in [0, 0.1) is 20.8 Å². The summed E-state index contributed by atoms with van der Waals surface area (Å²) in [4.78, 5) is 29.1. The second-order valence-corrected chi connectivity index (χ2v) is 8.57. The zero-order valence-corrected chi connectivity index (χ0v) is 19.0. The molecule has 0 saturated carbocycles. The lowest BCUT2D eigenvalue weighted by atomic mass is 10.00. The Kier molecular flexibility index (Phi) is 5.60. The number of hydrogen-bond donors (Lipinski definition) is 1. The van der Waals surface area contributed by atoms with Gasteiger partial charge in [-0.05, 0) is 69.3 Å². The van der Waals surface area contributed by atoms with Crippen LogP contribution >= 0.6 is 0 Å². The zero-order valence-electron chi connectivity index (χ0n) is 19.0. The summed E-state index contributed by atoms with van der Waals surface area (Å²) < 4.78 is 5.20. The standard InChI is InChI=1S/C25H26N6O2/c1-15-11-16(2)22-18(12-15)8-10-27-23(22)31(20-5-4-9-26-14-20)25(32)19-6-7-21(28-13-19)24-29-17(3)30-33-24/h6-8,10-13,20,26H,4-5,9,14H2,1-3H3/t20-/m1/s1. The molecule has 1 aromatic carbocycles. The van der Waals surface area contributed by atoms with Crippen molar-refractivity contribution in [2.24, 2.45) is 0 Å². The SMILES string of the molecule is Cc1cc(C)c2c(N(C(=O)c3ccc(-c4nc(C)no4)nc3)[C@@H]3CCCNC3)nccc2c1. The maximum atomic E-state index is 13.9. The first kappa shape index (κ1) is 21.2. The van der Waals surface area contributed by atoms with E-state index in [1.807, 2.05) is 11.0 Å². The molecule has 0 spiro atoms. The maximum absolute atomic E-state index is 13.9. The zero-order chi connectivity index (χ0) is 22.9. The minimum atomic E-state index is -0.121. The predicted octanol–water partition coefficient (Wildman–Crippen LogP) is 4.00. The van der Waals surface area contributed by atoms with Crippen molar-refractivity contribution in [3.8, 4) is 11.6 Å². The van der Waals surface area contributed by atoms with Crippen LogP contribution < -0.4 is 10.2 Å². The first-order valence-electron chi connectivity index (χ1n) is 11.2. The Morgan fingerprint density at radius 2 is 2.03 bits per heavy atom. The summed E-state index contributed by atoms with van der Waals surface area (Å²) in [5.74, 6) is 1.45. The van der Waals surface area contributed by atoms with Crippen LogP contribution in [0.1, 0.15) is 40.2 Å². The quantitative estimate of drug-likeness (QED) is 0.510. The highest BCUT2D eigenvalue weighted by Gasteiger charge is 2.30. The lowest BCUT2D eigenvalue weighted by molar-refractivity contribution is 0.0971. The number of hydrogen-bond acceptors (Lipinski definition) is 7. The number of anilines is 1. The molecule has 1 amide bonds. The summed E-state index contributed by atoms with van der Waals surface area (Å²) in [7, 11) is 0. The molecule has 1 saturated heterocycles. The average Bonchev–Trinajstić information content (AvgIpc) is 3.26. The summed E-state index contributed by atoms with van der Waals surface area (Å²) >= 11 is 0. The van der Waals surface area contributed by atoms with Crippen molar-refractivity contribution in [3.05, 3.63) is 65.2 Å². The normalized spacial score (nSPS) is 16.2. The highest BCUT2D eigenvalue weighted by Crippen LogP contribution is 2.32. The summed E-state index contributed by atoms with van der Waals surface area (Å²) in [5.41, 5.74) is 3.32. The number of amides is 1. The topological polar surface area (TPSA) is 97.0 Å². The van der Waals surface area contributed by atoms with Gasteiger partial charge in [0, 0.05) is 24.3 Å². The van der Waals surface area contributed by atoms with E-state index in [1.165, 1.54) is 5.56 Å². The first-order valence-corrected chi connectivity index (χ1v) is 11.2. The van der Waals surface area contributed by atoms with E-state index < -0.39 is 0 Å². The summed E-state index contributed by atoms with van der Waals surface area (Å²) in [5, 5.41) is 9.33. The lowest BCUT2D eigenvalue weighted by Crippen LogP contribution is -2.49. The van der Waals surface area contributed by atoms with Gasteiger partial charge in [0.2, 0.25) is 0 Å². The van der Waals surface area contributed by atoms with Crippen molar-refractivity contribution in [2.75, 3.05) is 18.0 Å². The van der Waals surface area contributed by atoms with E-state index >= 15 is 0 Å². The molecule has 4 heterocycles. The van der Waals surface area contributed by atoms with E-state index in [0.29, 0.717) is 28.8 Å². The summed E-state index contributed by atoms with van der Waals surface area (Å²) in [6.45, 7) is 7.59. The fourth-order valence-electron chi connectivity index (χ4n) is 4.55. The third-order valence-corrected chi connectivity index (χ3v) is 6.03. The fourth-order valence-corrected chi connectivity index (χ4v) is 4.55. The van der Waals surface area contributed by atoms with Crippen molar-refractivity contribution < 1.29 is 9.32 Å². The molecule has 168 valence electrons. The molecule has 1 aliphatic rings. The van der Waals surface area contributed by atoms with Crippen LogP contribution in [-0.4, -0.2) is 45.1 Å². The Labute approximate surface area is 192 Å². The van der Waals surface area contributed by atoms with Gasteiger partial charge < -0.3 is 9.84 Å². The Balaban J connectivity index is 1.58. The lowest BCUT2D eigenvalue weighted by Gasteiger charge is -2.35. The summed E-state index contributed by atoms with van der Waals surface area (Å²) in [6.07, 6.45) is 5.27. The molecule has 8 nitrogen and oxygen atoms in total. The molecule has 1 atom stereocenters. The fraction of sp³-hybridized carbons (Fsp3) is 0.320. The van der Waals surface area contributed by atoms with Crippen molar-refractivity contribution in [1.29, 1.82) is 0 Å². The van der Waals surface area contributed by atoms with Crippen LogP contribution in [-0.2, 0) is 0 Å². The molecule has 0 unspecified atom stereocenters. The third kappa shape index (κ3) is 4.09. The van der Waals surface area contributed by atoms with Crippen molar-refractivity contribution >= 4 is 22.5 Å². The van der Waals surface area contributed by atoms with Gasteiger partial charge in [0.25, 0.3) is 11.8 Å². The minimum absolute atomic E-state index is 0.00307. The van der Waals surface area contributed by atoms with E-state index in [2.05, 4.69) is 46.4 Å². The Hall–Kier alpha value is -3.65. The number of pyridine rings is 2. The van der Waals surface area contributed by atoms with Crippen molar-refractivity contribution in [1.82, 2.24) is 25.4 Å². The van der Waals surface area contributed by atoms with E-state index in [-0.39, 0.29) is 11.9 Å². The van der Waals surface area contributed by atoms with Gasteiger partial charge in [-0.1, -0.05) is 22.9 Å². The van der Waals surface area contributed by atoms with Gasteiger partial charge in [-0.25, -0.2) is 4.98 Å². The van der Waals surface area contributed by atoms with Crippen molar-refractivity contribution in [2.45, 2.75) is 39.7 Å². The molecule has 0 radical (unpaired) electrons. The van der Waals surface area contributed by atoms with E-state index in [9.17, 15) is 4.79 Å². The van der Waals surface area contributed by atoms with Gasteiger partial charge in [0.1, 0.15) is 11.5 Å². The monoisotopic (exact) mass is 442 g/mol. The molecule has 8 heteroatoms. The van der Waals surface area contributed by atoms with Gasteiger partial charge in [-0.2, -0.15) is 4.98 Å². The number of rotatable bonds is 4. The third-order valence-electron chi connectivity index (χ3n) is 6.03. The molecule has 0 bridgehead atoms. The van der Waals surface area contributed by atoms with E-state index in [4.69, 9.17) is 9.51 Å². The largest absolute Gasteiger partial charge is 0.332 e. The molecular formula is C25H26N6O2. The van der Waals surface area contributed by atoms with E-state index in [1.54, 1.807) is 31.5 Å². The van der Waals surface area contributed by atoms with Crippen LogP contribution in [0.5, 0.6) is 0 Å². The second-order valence-electron chi connectivity index (χ2n) is 8.57. The molecule has 4 aromatic rings. The molecule has 33 heavy (non-hydrogen) atoms. The van der Waals surface area contributed by atoms with Gasteiger partial charge in [0.15, 0.2) is 5.82 Å². The van der Waals surface area contributed by atoms with E-state index in [0.717, 1.165) is 42.3 Å². The number of carbonyl (C=O) groups is 1. The maximum Gasteiger partial charge on any atom is 0.276 e. The van der Waals surface area contributed by atoms with Gasteiger partial charge in [-0.15, -0.1) is 0 Å². The number of fused-ring (bicyclic) bond motifs is 1. The Morgan fingerprint density at radius 3 is 2.73 bits per heavy atom. The number of aromatic nitrogens is 4. The predicted molar refractivity (Wildman–Crippen MR) is 126 cm³/mol. The molecule has 1 fully saturated rings. The van der Waals surface area contributed by atoms with Gasteiger partial charge in [0.05, 0.1) is 11.6 Å². The Bertz CT molecular complexity index is 1310. The summed E-state index contributed by atoms with van der Waals surface area (Å²) in [6, 6.07) is 9.78. The first-order chi connectivity index (χ1) is 16.0. The van der Waals surface area contributed by atoms with Crippen LogP contribution in [0.25, 0.3) is 22.4 Å². The number of nitrogens with one attached hydrogen (secondary N) is 1. The molecular weight excluding hydrogens is 416 g/mol. The number of piperidine rings is 1. The van der Waals surface area contributed by atoms with Gasteiger partial charge >= 0.3 is 0 Å². The van der Waals surface area contributed by atoms with Crippen LogP contribution in [0.4, 0.5) is 5.82 Å². The molecule has 1 aliphatic heterocycles. The van der Waals surface area contributed by atoms with Crippen LogP contribution in [0.2, 0.25) is 0 Å².